The number of benzene rings is 1. The monoisotopic (exact) mass is 331 g/mol. The number of hydrogen-bond acceptors (Lipinski definition) is 0. The van der Waals surface area contributed by atoms with Crippen LogP contribution in [0.2, 0.25) is 5.02 Å². The van der Waals surface area contributed by atoms with E-state index in [0.717, 1.165) is 11.6 Å². The summed E-state index contributed by atoms with van der Waals surface area (Å²) in [6.45, 7) is 0.887. The number of nitrogens with zero attached hydrogens (tertiary/aromatic N) is 1. The Morgan fingerprint density at radius 3 is 2.13 bits per heavy atom. The molecule has 1 nitrogen and oxygen atoms in total. The Bertz CT molecular complexity index is 400. The zero-order chi connectivity index (χ0) is 9.80. The van der Waals surface area contributed by atoms with Crippen molar-refractivity contribution in [3.8, 4) is 0 Å². The van der Waals surface area contributed by atoms with E-state index < -0.39 is 0 Å². The van der Waals surface area contributed by atoms with Gasteiger partial charge >= 0.3 is 0 Å². The van der Waals surface area contributed by atoms with Crippen LogP contribution in [0.25, 0.3) is 0 Å². The van der Waals surface area contributed by atoms with Gasteiger partial charge in [-0.05, 0) is 0 Å². The molecule has 3 heteroatoms. The van der Waals surface area contributed by atoms with Gasteiger partial charge in [-0.2, -0.15) is 0 Å². The smallest absolute Gasteiger partial charge is 0.173 e. The van der Waals surface area contributed by atoms with Crippen LogP contribution in [0.3, 0.4) is 0 Å². The molecule has 0 spiro atoms. The standard InChI is InChI=1S/C12H11ClN.HI/c13-12-6-8-14(9-7-12)10-11-4-2-1-3-5-11;/h1-9H,10H2;1H/q+1;/p-1. The molecule has 0 aliphatic carbocycles. The maximum Gasteiger partial charge on any atom is 0.173 e. The van der Waals surface area contributed by atoms with E-state index in [2.05, 4.69) is 16.7 Å². The lowest BCUT2D eigenvalue weighted by atomic mass is 10.2. The van der Waals surface area contributed by atoms with E-state index in [1.54, 1.807) is 0 Å². The van der Waals surface area contributed by atoms with Crippen molar-refractivity contribution in [3.63, 3.8) is 0 Å². The lowest BCUT2D eigenvalue weighted by Crippen LogP contribution is -3.00. The van der Waals surface area contributed by atoms with Crippen molar-refractivity contribution in [3.05, 3.63) is 65.4 Å². The maximum absolute atomic E-state index is 5.80. The second-order valence-electron chi connectivity index (χ2n) is 3.17. The first-order chi connectivity index (χ1) is 6.84. The van der Waals surface area contributed by atoms with Crippen molar-refractivity contribution in [2.45, 2.75) is 6.54 Å². The molecule has 0 atom stereocenters. The summed E-state index contributed by atoms with van der Waals surface area (Å²) in [4.78, 5) is 0. The Kier molecular flexibility index (Phi) is 5.05. The molecule has 2 rings (SSSR count). The van der Waals surface area contributed by atoms with E-state index in [0.29, 0.717) is 0 Å². The Balaban J connectivity index is 0.00000112. The molecule has 1 aromatic carbocycles. The molecule has 0 amide bonds. The Labute approximate surface area is 112 Å². The summed E-state index contributed by atoms with van der Waals surface area (Å²) in [5.41, 5.74) is 1.29. The van der Waals surface area contributed by atoms with Crippen LogP contribution in [-0.2, 0) is 6.54 Å². The van der Waals surface area contributed by atoms with Crippen LogP contribution in [0.1, 0.15) is 5.56 Å². The van der Waals surface area contributed by atoms with Crippen LogP contribution in [-0.4, -0.2) is 0 Å². The Morgan fingerprint density at radius 1 is 0.933 bits per heavy atom. The molecule has 2 aromatic rings. The van der Waals surface area contributed by atoms with Crippen molar-refractivity contribution < 1.29 is 28.5 Å². The molecule has 0 aliphatic heterocycles. The minimum Gasteiger partial charge on any atom is -1.00 e. The minimum absolute atomic E-state index is 0. The minimum atomic E-state index is 0. The number of aromatic nitrogens is 1. The summed E-state index contributed by atoms with van der Waals surface area (Å²) in [6.07, 6.45) is 3.96. The molecule has 0 fully saturated rings. The quantitative estimate of drug-likeness (QED) is 0.525. The van der Waals surface area contributed by atoms with Crippen molar-refractivity contribution in [1.29, 1.82) is 0 Å². The van der Waals surface area contributed by atoms with E-state index in [-0.39, 0.29) is 24.0 Å². The lowest BCUT2D eigenvalue weighted by molar-refractivity contribution is -0.688. The second-order valence-corrected chi connectivity index (χ2v) is 3.61. The summed E-state index contributed by atoms with van der Waals surface area (Å²) in [7, 11) is 0. The van der Waals surface area contributed by atoms with Gasteiger partial charge in [-0.1, -0.05) is 41.9 Å². The van der Waals surface area contributed by atoms with E-state index in [9.17, 15) is 0 Å². The Morgan fingerprint density at radius 2 is 1.53 bits per heavy atom. The van der Waals surface area contributed by atoms with E-state index >= 15 is 0 Å². The molecule has 0 radical (unpaired) electrons. The molecular weight excluding hydrogens is 320 g/mol. The number of halogens is 2. The third kappa shape index (κ3) is 3.80. The molecule has 78 valence electrons. The van der Waals surface area contributed by atoms with Gasteiger partial charge in [0, 0.05) is 17.7 Å². The van der Waals surface area contributed by atoms with Gasteiger partial charge in [0.2, 0.25) is 0 Å². The Hall–Kier alpha value is -0.610. The average molecular weight is 332 g/mol. The maximum atomic E-state index is 5.80. The van der Waals surface area contributed by atoms with Crippen molar-refractivity contribution >= 4 is 11.6 Å². The van der Waals surface area contributed by atoms with Crippen LogP contribution in [0.4, 0.5) is 0 Å². The number of pyridine rings is 1. The summed E-state index contributed by atoms with van der Waals surface area (Å²) in [5, 5.41) is 0.773. The molecule has 0 aliphatic rings. The van der Waals surface area contributed by atoms with Gasteiger partial charge in [0.1, 0.15) is 0 Å². The summed E-state index contributed by atoms with van der Waals surface area (Å²) < 4.78 is 2.10. The van der Waals surface area contributed by atoms with Gasteiger partial charge in [-0.25, -0.2) is 4.57 Å². The molecule has 0 bridgehead atoms. The van der Waals surface area contributed by atoms with Gasteiger partial charge in [0.25, 0.3) is 0 Å². The van der Waals surface area contributed by atoms with Crippen LogP contribution >= 0.6 is 11.6 Å². The second kappa shape index (κ2) is 6.08. The predicted octanol–water partition coefficient (Wildman–Crippen LogP) is -0.320. The van der Waals surface area contributed by atoms with Crippen molar-refractivity contribution in [2.24, 2.45) is 0 Å². The first kappa shape index (κ1) is 12.5. The SMILES string of the molecule is Clc1cc[n+](Cc2ccccc2)cc1.[I-]. The van der Waals surface area contributed by atoms with E-state index in [1.807, 2.05) is 42.7 Å². The topological polar surface area (TPSA) is 3.88 Å². The lowest BCUT2D eigenvalue weighted by Gasteiger charge is -1.96. The highest BCUT2D eigenvalue weighted by Gasteiger charge is 2.00. The highest BCUT2D eigenvalue weighted by molar-refractivity contribution is 6.30. The fourth-order valence-corrected chi connectivity index (χ4v) is 1.45. The number of hydrogen-bond donors (Lipinski definition) is 0. The molecule has 1 heterocycles. The van der Waals surface area contributed by atoms with Gasteiger partial charge in [-0.3, -0.25) is 0 Å². The largest absolute Gasteiger partial charge is 1.00 e. The van der Waals surface area contributed by atoms with Gasteiger partial charge in [-0.15, -0.1) is 0 Å². The molecule has 1 aromatic heterocycles. The molecule has 0 N–H and O–H groups in total. The molecule has 0 unspecified atom stereocenters. The predicted molar refractivity (Wildman–Crippen MR) is 57.2 cm³/mol. The van der Waals surface area contributed by atoms with Crippen molar-refractivity contribution in [1.82, 2.24) is 0 Å². The first-order valence-corrected chi connectivity index (χ1v) is 4.91. The van der Waals surface area contributed by atoms with Crippen LogP contribution < -0.4 is 28.5 Å². The fourth-order valence-electron chi connectivity index (χ4n) is 1.34. The molecule has 15 heavy (non-hydrogen) atoms. The first-order valence-electron chi connectivity index (χ1n) is 4.53. The highest BCUT2D eigenvalue weighted by Crippen LogP contribution is 2.03. The fraction of sp³-hybridized carbons (Fsp3) is 0.0833. The van der Waals surface area contributed by atoms with Gasteiger partial charge in [0.05, 0.1) is 5.02 Å². The molecule has 0 saturated heterocycles. The molecule has 0 saturated carbocycles. The number of rotatable bonds is 2. The summed E-state index contributed by atoms with van der Waals surface area (Å²) in [6, 6.07) is 14.1. The highest BCUT2D eigenvalue weighted by atomic mass is 127. The average Bonchev–Trinajstić information content (AvgIpc) is 2.23. The van der Waals surface area contributed by atoms with Crippen LogP contribution in [0, 0.1) is 0 Å². The molecular formula is C12H11ClIN. The zero-order valence-corrected chi connectivity index (χ0v) is 11.0. The van der Waals surface area contributed by atoms with Crippen LogP contribution in [0.15, 0.2) is 54.9 Å². The third-order valence-electron chi connectivity index (χ3n) is 2.06. The third-order valence-corrected chi connectivity index (χ3v) is 2.31. The zero-order valence-electron chi connectivity index (χ0n) is 8.11. The van der Waals surface area contributed by atoms with Gasteiger partial charge < -0.3 is 24.0 Å². The van der Waals surface area contributed by atoms with E-state index in [4.69, 9.17) is 11.6 Å². The van der Waals surface area contributed by atoms with Gasteiger partial charge in [0.15, 0.2) is 18.9 Å². The normalized spacial score (nSPS) is 9.40. The summed E-state index contributed by atoms with van der Waals surface area (Å²) in [5.74, 6) is 0. The van der Waals surface area contributed by atoms with Crippen LogP contribution in [0.5, 0.6) is 0 Å². The van der Waals surface area contributed by atoms with E-state index in [1.165, 1.54) is 5.56 Å². The summed E-state index contributed by atoms with van der Waals surface area (Å²) >= 11 is 5.80. The van der Waals surface area contributed by atoms with Crippen molar-refractivity contribution in [2.75, 3.05) is 0 Å².